The molecule has 0 unspecified atom stereocenters. The summed E-state index contributed by atoms with van der Waals surface area (Å²) in [6.07, 6.45) is 0.866. The maximum Gasteiger partial charge on any atom is 0.258 e. The summed E-state index contributed by atoms with van der Waals surface area (Å²) >= 11 is 0. The van der Waals surface area contributed by atoms with E-state index in [2.05, 4.69) is 76.3 Å². The fourth-order valence-electron chi connectivity index (χ4n) is 3.53. The molecule has 0 bridgehead atoms. The topological polar surface area (TPSA) is 38.3 Å². The van der Waals surface area contributed by atoms with Crippen molar-refractivity contribution in [2.75, 3.05) is 6.61 Å². The summed E-state index contributed by atoms with van der Waals surface area (Å²) in [5.74, 6) is 1.08. The number of amides is 1. The number of carbonyl (C=O) groups is 1. The molecule has 2 rings (SSSR count). The Kier molecular flexibility index (Phi) is 7.06. The molecule has 0 aliphatic rings. The Labute approximate surface area is 164 Å². The molecular weight excluding hydrogens is 334 g/mol. The van der Waals surface area contributed by atoms with Crippen LogP contribution >= 0.6 is 0 Å². The SMILES string of the molecule is Cc1ccc(C(C)C)c(OCC(=O)N[C@H](C)CC(C)(C)c2ccccc2)c1. The summed E-state index contributed by atoms with van der Waals surface area (Å²) in [7, 11) is 0. The zero-order valence-corrected chi connectivity index (χ0v) is 17.5. The molecule has 27 heavy (non-hydrogen) atoms. The molecule has 0 spiro atoms. The predicted molar refractivity (Wildman–Crippen MR) is 112 cm³/mol. The Morgan fingerprint density at radius 1 is 1.07 bits per heavy atom. The van der Waals surface area contributed by atoms with Crippen LogP contribution in [-0.4, -0.2) is 18.6 Å². The average molecular weight is 368 g/mol. The molecule has 0 saturated carbocycles. The van der Waals surface area contributed by atoms with Gasteiger partial charge in [-0.15, -0.1) is 0 Å². The van der Waals surface area contributed by atoms with Crippen LogP contribution in [0, 0.1) is 6.92 Å². The van der Waals surface area contributed by atoms with Crippen LogP contribution in [-0.2, 0) is 10.2 Å². The van der Waals surface area contributed by atoms with E-state index in [-0.39, 0.29) is 24.0 Å². The molecular formula is C24H33NO2. The normalized spacial score (nSPS) is 12.7. The Morgan fingerprint density at radius 3 is 2.37 bits per heavy atom. The van der Waals surface area contributed by atoms with Crippen LogP contribution in [0.4, 0.5) is 0 Å². The second-order valence-corrected chi connectivity index (χ2v) is 8.41. The first-order chi connectivity index (χ1) is 12.7. The Morgan fingerprint density at radius 2 is 1.74 bits per heavy atom. The molecule has 0 aliphatic heterocycles. The summed E-state index contributed by atoms with van der Waals surface area (Å²) in [6.45, 7) is 12.8. The highest BCUT2D eigenvalue weighted by Gasteiger charge is 2.24. The lowest BCUT2D eigenvalue weighted by Gasteiger charge is -2.29. The van der Waals surface area contributed by atoms with Crippen molar-refractivity contribution in [2.24, 2.45) is 0 Å². The fraction of sp³-hybridized carbons (Fsp3) is 0.458. The quantitative estimate of drug-likeness (QED) is 0.681. The summed E-state index contributed by atoms with van der Waals surface area (Å²) in [5.41, 5.74) is 3.54. The minimum atomic E-state index is -0.0810. The largest absolute Gasteiger partial charge is 0.483 e. The van der Waals surface area contributed by atoms with Gasteiger partial charge in [-0.1, -0.05) is 70.2 Å². The Hall–Kier alpha value is -2.29. The number of aryl methyl sites for hydroxylation is 1. The summed E-state index contributed by atoms with van der Waals surface area (Å²) < 4.78 is 5.84. The number of rotatable bonds is 8. The lowest BCUT2D eigenvalue weighted by molar-refractivity contribution is -0.123. The van der Waals surface area contributed by atoms with Crippen molar-refractivity contribution >= 4 is 5.91 Å². The molecule has 2 aromatic carbocycles. The third-order valence-electron chi connectivity index (χ3n) is 4.93. The predicted octanol–water partition coefficient (Wildman–Crippen LogP) is 5.37. The lowest BCUT2D eigenvalue weighted by Crippen LogP contribution is -2.39. The highest BCUT2D eigenvalue weighted by atomic mass is 16.5. The maximum atomic E-state index is 12.4. The van der Waals surface area contributed by atoms with Crippen LogP contribution in [0.25, 0.3) is 0 Å². The van der Waals surface area contributed by atoms with Crippen molar-refractivity contribution in [3.63, 3.8) is 0 Å². The van der Waals surface area contributed by atoms with E-state index in [0.717, 1.165) is 23.3 Å². The van der Waals surface area contributed by atoms with E-state index < -0.39 is 0 Å². The number of nitrogens with one attached hydrogen (secondary N) is 1. The molecule has 0 saturated heterocycles. The Bertz CT molecular complexity index is 750. The van der Waals surface area contributed by atoms with E-state index in [4.69, 9.17) is 4.74 Å². The zero-order valence-electron chi connectivity index (χ0n) is 17.5. The third kappa shape index (κ3) is 6.13. The van der Waals surface area contributed by atoms with Crippen molar-refractivity contribution < 1.29 is 9.53 Å². The molecule has 146 valence electrons. The molecule has 1 N–H and O–H groups in total. The number of ether oxygens (including phenoxy) is 1. The third-order valence-corrected chi connectivity index (χ3v) is 4.93. The van der Waals surface area contributed by atoms with Crippen molar-refractivity contribution in [1.29, 1.82) is 0 Å². The number of benzene rings is 2. The van der Waals surface area contributed by atoms with E-state index in [1.807, 2.05) is 19.1 Å². The molecule has 0 heterocycles. The van der Waals surface area contributed by atoms with Crippen LogP contribution < -0.4 is 10.1 Å². The number of hydrogen-bond acceptors (Lipinski definition) is 2. The Balaban J connectivity index is 1.91. The van der Waals surface area contributed by atoms with Crippen molar-refractivity contribution in [1.82, 2.24) is 5.32 Å². The van der Waals surface area contributed by atoms with Gasteiger partial charge in [0.15, 0.2) is 6.61 Å². The van der Waals surface area contributed by atoms with E-state index in [0.29, 0.717) is 5.92 Å². The van der Waals surface area contributed by atoms with Gasteiger partial charge in [0.25, 0.3) is 5.91 Å². The lowest BCUT2D eigenvalue weighted by atomic mass is 9.79. The molecule has 0 aliphatic carbocycles. The minimum Gasteiger partial charge on any atom is -0.483 e. The van der Waals surface area contributed by atoms with Gasteiger partial charge in [0.2, 0.25) is 0 Å². The van der Waals surface area contributed by atoms with Crippen LogP contribution in [0.1, 0.15) is 63.6 Å². The highest BCUT2D eigenvalue weighted by molar-refractivity contribution is 5.77. The molecule has 2 aromatic rings. The zero-order chi connectivity index (χ0) is 20.0. The van der Waals surface area contributed by atoms with Gasteiger partial charge < -0.3 is 10.1 Å². The van der Waals surface area contributed by atoms with Crippen LogP contribution in [0.15, 0.2) is 48.5 Å². The van der Waals surface area contributed by atoms with Gasteiger partial charge in [0.1, 0.15) is 5.75 Å². The van der Waals surface area contributed by atoms with E-state index in [9.17, 15) is 4.79 Å². The monoisotopic (exact) mass is 367 g/mol. The van der Waals surface area contributed by atoms with E-state index in [1.54, 1.807) is 0 Å². The van der Waals surface area contributed by atoms with Gasteiger partial charge in [-0.2, -0.15) is 0 Å². The highest BCUT2D eigenvalue weighted by Crippen LogP contribution is 2.29. The van der Waals surface area contributed by atoms with E-state index in [1.165, 1.54) is 5.56 Å². The summed E-state index contributed by atoms with van der Waals surface area (Å²) in [6, 6.07) is 16.7. The van der Waals surface area contributed by atoms with Gasteiger partial charge in [-0.3, -0.25) is 4.79 Å². The first kappa shape index (κ1) is 21.0. The molecule has 0 radical (unpaired) electrons. The van der Waals surface area contributed by atoms with Gasteiger partial charge in [0, 0.05) is 6.04 Å². The first-order valence-electron chi connectivity index (χ1n) is 9.77. The molecule has 0 aromatic heterocycles. The van der Waals surface area contributed by atoms with Crippen LogP contribution in [0.5, 0.6) is 5.75 Å². The molecule has 3 heteroatoms. The second kappa shape index (κ2) is 9.07. The summed E-state index contributed by atoms with van der Waals surface area (Å²) in [4.78, 5) is 12.4. The molecule has 3 nitrogen and oxygen atoms in total. The maximum absolute atomic E-state index is 12.4. The molecule has 1 amide bonds. The van der Waals surface area contributed by atoms with E-state index >= 15 is 0 Å². The van der Waals surface area contributed by atoms with Crippen LogP contribution in [0.3, 0.4) is 0 Å². The second-order valence-electron chi connectivity index (χ2n) is 8.41. The molecule has 0 fully saturated rings. The van der Waals surface area contributed by atoms with Crippen molar-refractivity contribution in [3.05, 3.63) is 65.2 Å². The molecule has 1 atom stereocenters. The minimum absolute atomic E-state index is 0.00380. The smallest absolute Gasteiger partial charge is 0.258 e. The standard InChI is InChI=1S/C24H33NO2/c1-17(2)21-13-12-18(3)14-22(21)27-16-23(26)25-19(4)15-24(5,6)20-10-8-7-9-11-20/h7-14,17,19H,15-16H2,1-6H3,(H,25,26)/t19-/m1/s1. The van der Waals surface area contributed by atoms with Gasteiger partial charge in [0.05, 0.1) is 0 Å². The van der Waals surface area contributed by atoms with Gasteiger partial charge in [-0.25, -0.2) is 0 Å². The van der Waals surface area contributed by atoms with Crippen LogP contribution in [0.2, 0.25) is 0 Å². The van der Waals surface area contributed by atoms with Gasteiger partial charge >= 0.3 is 0 Å². The van der Waals surface area contributed by atoms with Crippen molar-refractivity contribution in [3.8, 4) is 5.75 Å². The number of hydrogen-bond donors (Lipinski definition) is 1. The van der Waals surface area contributed by atoms with Crippen molar-refractivity contribution in [2.45, 2.75) is 65.3 Å². The number of carbonyl (C=O) groups excluding carboxylic acids is 1. The summed E-state index contributed by atoms with van der Waals surface area (Å²) in [5, 5.41) is 3.08. The first-order valence-corrected chi connectivity index (χ1v) is 9.77. The average Bonchev–Trinajstić information content (AvgIpc) is 2.60. The van der Waals surface area contributed by atoms with Gasteiger partial charge in [-0.05, 0) is 54.4 Å². The fourth-order valence-corrected chi connectivity index (χ4v) is 3.53.